The predicted octanol–water partition coefficient (Wildman–Crippen LogP) is 1.34. The second-order valence-electron chi connectivity index (χ2n) is 6.54. The van der Waals surface area contributed by atoms with Crippen LogP contribution in [0.15, 0.2) is 0 Å². The van der Waals surface area contributed by atoms with Crippen molar-refractivity contribution in [2.45, 2.75) is 38.1 Å². The lowest BCUT2D eigenvalue weighted by Crippen LogP contribution is -2.53. The molecule has 3 heteroatoms. The van der Waals surface area contributed by atoms with Crippen molar-refractivity contribution in [1.82, 2.24) is 9.80 Å². The highest BCUT2D eigenvalue weighted by molar-refractivity contribution is 5.79. The van der Waals surface area contributed by atoms with Crippen molar-refractivity contribution in [2.75, 3.05) is 26.2 Å². The van der Waals surface area contributed by atoms with Crippen LogP contribution in [0.25, 0.3) is 0 Å². The van der Waals surface area contributed by atoms with Crippen LogP contribution >= 0.6 is 0 Å². The monoisotopic (exact) mass is 234 g/mol. The fourth-order valence-electron chi connectivity index (χ4n) is 4.37. The number of piperazine rings is 1. The number of carbonyl (C=O) groups is 1. The maximum atomic E-state index is 12.5. The summed E-state index contributed by atoms with van der Waals surface area (Å²) in [6.45, 7) is 4.39. The summed E-state index contributed by atoms with van der Waals surface area (Å²) in [6, 6.07) is 0.684. The molecule has 2 saturated heterocycles. The molecule has 94 valence electrons. The van der Waals surface area contributed by atoms with Crippen molar-refractivity contribution in [2.24, 2.45) is 17.8 Å². The highest BCUT2D eigenvalue weighted by Gasteiger charge is 2.49. The average molecular weight is 234 g/mol. The summed E-state index contributed by atoms with van der Waals surface area (Å²) >= 11 is 0. The molecule has 3 atom stereocenters. The van der Waals surface area contributed by atoms with Gasteiger partial charge in [-0.05, 0) is 50.5 Å². The van der Waals surface area contributed by atoms with Crippen molar-refractivity contribution in [3.63, 3.8) is 0 Å². The van der Waals surface area contributed by atoms with E-state index in [0.717, 1.165) is 31.5 Å². The van der Waals surface area contributed by atoms with E-state index in [2.05, 4.69) is 9.80 Å². The van der Waals surface area contributed by atoms with Gasteiger partial charge in [0, 0.05) is 31.6 Å². The first-order chi connectivity index (χ1) is 8.31. The highest BCUT2D eigenvalue weighted by atomic mass is 16.2. The van der Waals surface area contributed by atoms with Crippen LogP contribution in [0, 0.1) is 17.8 Å². The Morgan fingerprint density at radius 2 is 1.82 bits per heavy atom. The predicted molar refractivity (Wildman–Crippen MR) is 65.5 cm³/mol. The van der Waals surface area contributed by atoms with Crippen molar-refractivity contribution < 1.29 is 4.79 Å². The van der Waals surface area contributed by atoms with Crippen LogP contribution in [0.1, 0.15) is 32.1 Å². The fraction of sp³-hybridized carbons (Fsp3) is 0.929. The van der Waals surface area contributed by atoms with Gasteiger partial charge in [-0.15, -0.1) is 0 Å². The maximum absolute atomic E-state index is 12.5. The lowest BCUT2D eigenvalue weighted by Gasteiger charge is -2.38. The summed E-state index contributed by atoms with van der Waals surface area (Å²) in [4.78, 5) is 17.2. The molecule has 3 unspecified atom stereocenters. The maximum Gasteiger partial charge on any atom is 0.225 e. The Bertz CT molecular complexity index is 333. The van der Waals surface area contributed by atoms with Gasteiger partial charge in [-0.1, -0.05) is 0 Å². The van der Waals surface area contributed by atoms with Gasteiger partial charge in [-0.2, -0.15) is 0 Å². The number of nitrogens with zero attached hydrogens (tertiary/aromatic N) is 2. The summed E-state index contributed by atoms with van der Waals surface area (Å²) in [6.07, 6.45) is 6.46. The van der Waals surface area contributed by atoms with Gasteiger partial charge in [-0.25, -0.2) is 0 Å². The Labute approximate surface area is 103 Å². The molecular weight excluding hydrogens is 212 g/mol. The zero-order valence-corrected chi connectivity index (χ0v) is 10.5. The standard InChI is InChI=1S/C14H22N2O/c17-14(12-7-10-6-11(10)8-12)16-5-4-15-3-1-2-13(15)9-16/h10-13H,1-9H2. The minimum absolute atomic E-state index is 0.395. The number of hydrogen-bond donors (Lipinski definition) is 0. The highest BCUT2D eigenvalue weighted by Crippen LogP contribution is 2.54. The van der Waals surface area contributed by atoms with E-state index in [-0.39, 0.29) is 0 Å². The molecule has 4 fully saturated rings. The van der Waals surface area contributed by atoms with Gasteiger partial charge in [0.15, 0.2) is 0 Å². The molecular formula is C14H22N2O. The van der Waals surface area contributed by atoms with E-state index in [9.17, 15) is 4.79 Å². The third-order valence-corrected chi connectivity index (χ3v) is 5.49. The molecule has 0 bridgehead atoms. The summed E-state index contributed by atoms with van der Waals surface area (Å²) in [5.41, 5.74) is 0. The van der Waals surface area contributed by atoms with Crippen LogP contribution in [-0.2, 0) is 4.79 Å². The largest absolute Gasteiger partial charge is 0.340 e. The van der Waals surface area contributed by atoms with Crippen LogP contribution in [0.4, 0.5) is 0 Å². The van der Waals surface area contributed by atoms with Crippen molar-refractivity contribution in [3.05, 3.63) is 0 Å². The number of rotatable bonds is 1. The van der Waals surface area contributed by atoms with E-state index in [1.807, 2.05) is 0 Å². The molecule has 0 aromatic carbocycles. The molecule has 0 aromatic rings. The number of carbonyl (C=O) groups excluding carboxylic acids is 1. The number of fused-ring (bicyclic) bond motifs is 2. The summed E-state index contributed by atoms with van der Waals surface area (Å²) in [5, 5.41) is 0. The van der Waals surface area contributed by atoms with Crippen molar-refractivity contribution >= 4 is 5.91 Å². The van der Waals surface area contributed by atoms with Crippen LogP contribution < -0.4 is 0 Å². The van der Waals surface area contributed by atoms with E-state index in [1.54, 1.807) is 0 Å². The Morgan fingerprint density at radius 1 is 1.00 bits per heavy atom. The first-order valence-electron chi connectivity index (χ1n) is 7.34. The topological polar surface area (TPSA) is 23.6 Å². The fourth-order valence-corrected chi connectivity index (χ4v) is 4.37. The molecule has 2 heterocycles. The van der Waals surface area contributed by atoms with E-state index >= 15 is 0 Å². The quantitative estimate of drug-likeness (QED) is 0.683. The van der Waals surface area contributed by atoms with E-state index in [4.69, 9.17) is 0 Å². The lowest BCUT2D eigenvalue weighted by atomic mass is 10.0. The summed E-state index contributed by atoms with van der Waals surface area (Å²) in [7, 11) is 0. The molecule has 0 radical (unpaired) electrons. The molecule has 1 amide bonds. The first-order valence-corrected chi connectivity index (χ1v) is 7.34. The zero-order chi connectivity index (χ0) is 11.4. The second kappa shape index (κ2) is 3.71. The van der Waals surface area contributed by atoms with Gasteiger partial charge in [0.1, 0.15) is 0 Å². The van der Waals surface area contributed by atoms with Gasteiger partial charge in [0.2, 0.25) is 5.91 Å². The SMILES string of the molecule is O=C(C1CC2CC2C1)N1CCN2CCCC2C1. The number of hydrogen-bond acceptors (Lipinski definition) is 2. The molecule has 4 aliphatic rings. The van der Waals surface area contributed by atoms with Crippen molar-refractivity contribution in [1.29, 1.82) is 0 Å². The zero-order valence-electron chi connectivity index (χ0n) is 10.5. The molecule has 2 saturated carbocycles. The smallest absolute Gasteiger partial charge is 0.225 e. The van der Waals surface area contributed by atoms with Gasteiger partial charge >= 0.3 is 0 Å². The normalized spacial score (nSPS) is 44.6. The van der Waals surface area contributed by atoms with E-state index in [1.165, 1.54) is 38.6 Å². The molecule has 0 spiro atoms. The van der Waals surface area contributed by atoms with Gasteiger partial charge in [0.05, 0.1) is 0 Å². The molecule has 2 aliphatic heterocycles. The van der Waals surface area contributed by atoms with Crippen molar-refractivity contribution in [3.8, 4) is 0 Å². The minimum atomic E-state index is 0.395. The van der Waals surface area contributed by atoms with Crippen LogP contribution in [-0.4, -0.2) is 47.9 Å². The third kappa shape index (κ3) is 1.70. The van der Waals surface area contributed by atoms with Crippen LogP contribution in [0.5, 0.6) is 0 Å². The third-order valence-electron chi connectivity index (χ3n) is 5.49. The second-order valence-corrected chi connectivity index (χ2v) is 6.54. The summed E-state index contributed by atoms with van der Waals surface area (Å²) in [5.74, 6) is 2.74. The van der Waals surface area contributed by atoms with Crippen LogP contribution in [0.2, 0.25) is 0 Å². The summed E-state index contributed by atoms with van der Waals surface area (Å²) < 4.78 is 0. The van der Waals surface area contributed by atoms with Gasteiger partial charge in [0.25, 0.3) is 0 Å². The molecule has 4 rings (SSSR count). The molecule has 0 aromatic heterocycles. The Kier molecular flexibility index (Phi) is 2.26. The first kappa shape index (κ1) is 10.4. The Hall–Kier alpha value is -0.570. The molecule has 2 aliphatic carbocycles. The molecule has 17 heavy (non-hydrogen) atoms. The molecule has 3 nitrogen and oxygen atoms in total. The Morgan fingerprint density at radius 3 is 2.65 bits per heavy atom. The van der Waals surface area contributed by atoms with E-state index in [0.29, 0.717) is 17.9 Å². The molecule has 0 N–H and O–H groups in total. The van der Waals surface area contributed by atoms with Gasteiger partial charge < -0.3 is 4.90 Å². The number of amides is 1. The van der Waals surface area contributed by atoms with Crippen LogP contribution in [0.3, 0.4) is 0 Å². The minimum Gasteiger partial charge on any atom is -0.340 e. The lowest BCUT2D eigenvalue weighted by molar-refractivity contribution is -0.138. The average Bonchev–Trinajstić information content (AvgIpc) is 2.82. The van der Waals surface area contributed by atoms with Gasteiger partial charge in [-0.3, -0.25) is 9.69 Å². The van der Waals surface area contributed by atoms with E-state index < -0.39 is 0 Å². The Balaban J connectivity index is 1.39.